The van der Waals surface area contributed by atoms with Crippen molar-refractivity contribution >= 4 is 55.3 Å². The third-order valence-electron chi connectivity index (χ3n) is 9.68. The maximum absolute atomic E-state index is 6.37. The van der Waals surface area contributed by atoms with E-state index in [9.17, 15) is 0 Å². The minimum absolute atomic E-state index is 0.490. The first-order valence-corrected chi connectivity index (χ1v) is 15.2. The van der Waals surface area contributed by atoms with Crippen molar-refractivity contribution in [3.05, 3.63) is 132 Å². The van der Waals surface area contributed by atoms with Crippen LogP contribution < -0.4 is 4.90 Å². The SMILES string of the molecule is c1ccc2c(c1)oc1c(-c3ccc4c(c3)CCC3Cc5cc(-c6cccc7c6oc6ccccc67)ccc5N43)cccc12. The van der Waals surface area contributed by atoms with Gasteiger partial charge in [-0.05, 0) is 77.9 Å². The molecule has 2 aliphatic heterocycles. The number of nitrogens with zero attached hydrogens (tertiary/aromatic N) is 1. The van der Waals surface area contributed by atoms with Crippen LogP contribution in [0.5, 0.6) is 0 Å². The quantitative estimate of drug-likeness (QED) is 0.213. The summed E-state index contributed by atoms with van der Waals surface area (Å²) in [5.41, 5.74) is 14.1. The topological polar surface area (TPSA) is 29.5 Å². The molecule has 204 valence electrons. The normalized spacial score (nSPS) is 15.8. The van der Waals surface area contributed by atoms with Gasteiger partial charge in [0.1, 0.15) is 22.3 Å². The zero-order chi connectivity index (χ0) is 28.1. The average Bonchev–Trinajstić information content (AvgIpc) is 3.75. The Balaban J connectivity index is 1.05. The predicted molar refractivity (Wildman–Crippen MR) is 176 cm³/mol. The number of furan rings is 2. The summed E-state index contributed by atoms with van der Waals surface area (Å²) in [7, 11) is 0. The van der Waals surface area contributed by atoms with Crippen LogP contribution in [0.3, 0.4) is 0 Å². The van der Waals surface area contributed by atoms with Crippen LogP contribution in [0.25, 0.3) is 66.1 Å². The molecule has 8 aromatic rings. The van der Waals surface area contributed by atoms with Crippen LogP contribution in [0, 0.1) is 0 Å². The second kappa shape index (κ2) is 8.62. The molecular formula is C40H27NO2. The largest absolute Gasteiger partial charge is 0.455 e. The molecule has 0 aliphatic carbocycles. The lowest BCUT2D eigenvalue weighted by Gasteiger charge is -2.34. The van der Waals surface area contributed by atoms with Crippen LogP contribution in [0.2, 0.25) is 0 Å². The fraction of sp³-hybridized carbons (Fsp3) is 0.100. The van der Waals surface area contributed by atoms with E-state index in [1.165, 1.54) is 55.2 Å². The Morgan fingerprint density at radius 2 is 1.05 bits per heavy atom. The van der Waals surface area contributed by atoms with E-state index in [4.69, 9.17) is 8.83 Å². The van der Waals surface area contributed by atoms with E-state index in [1.807, 2.05) is 12.1 Å². The van der Waals surface area contributed by atoms with Crippen molar-refractivity contribution in [3.8, 4) is 22.3 Å². The van der Waals surface area contributed by atoms with Gasteiger partial charge >= 0.3 is 0 Å². The number of para-hydroxylation sites is 4. The first-order chi connectivity index (χ1) is 21.3. The van der Waals surface area contributed by atoms with Gasteiger partial charge in [-0.2, -0.15) is 0 Å². The van der Waals surface area contributed by atoms with Gasteiger partial charge in [0.25, 0.3) is 0 Å². The Labute approximate surface area is 248 Å². The number of aryl methyl sites for hydroxylation is 1. The van der Waals surface area contributed by atoms with Gasteiger partial charge in [0.2, 0.25) is 0 Å². The number of fused-ring (bicyclic) bond motifs is 11. The molecule has 6 aromatic carbocycles. The molecule has 0 spiro atoms. The van der Waals surface area contributed by atoms with Crippen molar-refractivity contribution in [2.45, 2.75) is 25.3 Å². The molecule has 0 amide bonds. The van der Waals surface area contributed by atoms with Crippen LogP contribution in [0.4, 0.5) is 11.4 Å². The van der Waals surface area contributed by atoms with Crippen molar-refractivity contribution in [3.63, 3.8) is 0 Å². The monoisotopic (exact) mass is 553 g/mol. The van der Waals surface area contributed by atoms with Gasteiger partial charge < -0.3 is 13.7 Å². The average molecular weight is 554 g/mol. The second-order valence-electron chi connectivity index (χ2n) is 12.0. The summed E-state index contributed by atoms with van der Waals surface area (Å²) in [4.78, 5) is 2.59. The first-order valence-electron chi connectivity index (χ1n) is 15.2. The Kier molecular flexibility index (Phi) is 4.67. The van der Waals surface area contributed by atoms with Crippen LogP contribution in [0.1, 0.15) is 17.5 Å². The number of rotatable bonds is 2. The third kappa shape index (κ3) is 3.31. The predicted octanol–water partition coefficient (Wildman–Crippen LogP) is 10.8. The highest BCUT2D eigenvalue weighted by molar-refractivity contribution is 6.10. The molecule has 0 bridgehead atoms. The van der Waals surface area contributed by atoms with E-state index in [0.29, 0.717) is 6.04 Å². The maximum atomic E-state index is 6.37. The smallest absolute Gasteiger partial charge is 0.143 e. The van der Waals surface area contributed by atoms with Crippen molar-refractivity contribution in [1.29, 1.82) is 0 Å². The molecule has 0 saturated carbocycles. The Morgan fingerprint density at radius 1 is 0.512 bits per heavy atom. The van der Waals surface area contributed by atoms with Crippen LogP contribution in [-0.2, 0) is 12.8 Å². The highest BCUT2D eigenvalue weighted by Gasteiger charge is 2.35. The molecule has 1 unspecified atom stereocenters. The second-order valence-corrected chi connectivity index (χ2v) is 12.0. The minimum atomic E-state index is 0.490. The number of benzene rings is 6. The van der Waals surface area contributed by atoms with Crippen molar-refractivity contribution in [2.75, 3.05) is 4.90 Å². The molecule has 0 fully saturated rings. The lowest BCUT2D eigenvalue weighted by atomic mass is 9.92. The van der Waals surface area contributed by atoms with E-state index in [2.05, 4.69) is 114 Å². The molecule has 0 radical (unpaired) electrons. The number of hydrogen-bond acceptors (Lipinski definition) is 3. The summed E-state index contributed by atoms with van der Waals surface area (Å²) < 4.78 is 12.7. The summed E-state index contributed by atoms with van der Waals surface area (Å²) in [5.74, 6) is 0. The van der Waals surface area contributed by atoms with Gasteiger partial charge in [-0.3, -0.25) is 0 Å². The molecule has 4 heterocycles. The third-order valence-corrected chi connectivity index (χ3v) is 9.68. The molecule has 0 saturated heterocycles. The standard InChI is InChI=1S/C40H27NO2/c1-3-13-37-31(7-1)33-11-5-9-29(39(33)42-37)24-16-19-35-26(21-24)15-18-28-23-27-22-25(17-20-36(27)41(28)35)30-10-6-12-34-32-8-2-4-14-38(32)43-40(30)34/h1-14,16-17,19-22,28H,15,18,23H2. The Morgan fingerprint density at radius 3 is 1.67 bits per heavy atom. The van der Waals surface area contributed by atoms with Gasteiger partial charge in [-0.1, -0.05) is 84.9 Å². The van der Waals surface area contributed by atoms with Gasteiger partial charge in [-0.15, -0.1) is 0 Å². The highest BCUT2D eigenvalue weighted by Crippen LogP contribution is 2.47. The van der Waals surface area contributed by atoms with E-state index in [-0.39, 0.29) is 0 Å². The molecule has 3 heteroatoms. The zero-order valence-electron chi connectivity index (χ0n) is 23.5. The summed E-state index contributed by atoms with van der Waals surface area (Å²) in [5, 5.41) is 4.69. The minimum Gasteiger partial charge on any atom is -0.455 e. The fourth-order valence-corrected chi connectivity index (χ4v) is 7.71. The molecule has 1 atom stereocenters. The molecule has 0 N–H and O–H groups in total. The Bertz CT molecular complexity index is 2410. The number of anilines is 2. The van der Waals surface area contributed by atoms with E-state index in [1.54, 1.807) is 0 Å². The first kappa shape index (κ1) is 23.3. The molecule has 2 aromatic heterocycles. The van der Waals surface area contributed by atoms with E-state index in [0.717, 1.165) is 52.7 Å². The molecule has 2 aliphatic rings. The Hall–Kier alpha value is -5.28. The fourth-order valence-electron chi connectivity index (χ4n) is 7.71. The molecular weight excluding hydrogens is 526 g/mol. The van der Waals surface area contributed by atoms with E-state index >= 15 is 0 Å². The van der Waals surface area contributed by atoms with Crippen LogP contribution in [0.15, 0.2) is 130 Å². The van der Waals surface area contributed by atoms with Crippen molar-refractivity contribution in [2.24, 2.45) is 0 Å². The highest BCUT2D eigenvalue weighted by atomic mass is 16.3. The molecule has 10 rings (SSSR count). The van der Waals surface area contributed by atoms with Gasteiger partial charge in [0.15, 0.2) is 0 Å². The van der Waals surface area contributed by atoms with Gasteiger partial charge in [0.05, 0.1) is 0 Å². The van der Waals surface area contributed by atoms with Crippen LogP contribution >= 0.6 is 0 Å². The van der Waals surface area contributed by atoms with Crippen LogP contribution in [-0.4, -0.2) is 6.04 Å². The summed E-state index contributed by atoms with van der Waals surface area (Å²) >= 11 is 0. The van der Waals surface area contributed by atoms with E-state index < -0.39 is 0 Å². The molecule has 3 nitrogen and oxygen atoms in total. The maximum Gasteiger partial charge on any atom is 0.143 e. The number of hydrogen-bond donors (Lipinski definition) is 0. The van der Waals surface area contributed by atoms with Crippen molar-refractivity contribution < 1.29 is 8.83 Å². The summed E-state index contributed by atoms with van der Waals surface area (Å²) in [6, 6.07) is 44.1. The van der Waals surface area contributed by atoms with Gasteiger partial charge in [-0.25, -0.2) is 0 Å². The van der Waals surface area contributed by atoms with Gasteiger partial charge in [0, 0.05) is 50.1 Å². The lowest BCUT2D eigenvalue weighted by molar-refractivity contribution is 0.600. The lowest BCUT2D eigenvalue weighted by Crippen LogP contribution is -2.32. The summed E-state index contributed by atoms with van der Waals surface area (Å²) in [6.07, 6.45) is 3.30. The summed E-state index contributed by atoms with van der Waals surface area (Å²) in [6.45, 7) is 0. The molecule has 43 heavy (non-hydrogen) atoms. The zero-order valence-corrected chi connectivity index (χ0v) is 23.5. The van der Waals surface area contributed by atoms with Crippen molar-refractivity contribution in [1.82, 2.24) is 0 Å².